The van der Waals surface area contributed by atoms with E-state index < -0.39 is 0 Å². The van der Waals surface area contributed by atoms with Gasteiger partial charge in [-0.3, -0.25) is 9.36 Å². The number of rotatable bonds is 6. The third kappa shape index (κ3) is 4.89. The first-order valence-electron chi connectivity index (χ1n) is 9.06. The van der Waals surface area contributed by atoms with Gasteiger partial charge in [-0.25, -0.2) is 9.97 Å². The number of imidazole rings is 1. The van der Waals surface area contributed by atoms with Crippen molar-refractivity contribution in [3.05, 3.63) is 42.6 Å². The zero-order valence-corrected chi connectivity index (χ0v) is 15.1. The van der Waals surface area contributed by atoms with Gasteiger partial charge in [-0.05, 0) is 43.4 Å². The molecule has 1 saturated heterocycles. The molecule has 0 saturated carbocycles. The Labute approximate surface area is 149 Å². The van der Waals surface area contributed by atoms with E-state index in [1.54, 1.807) is 35.4 Å². The summed E-state index contributed by atoms with van der Waals surface area (Å²) < 4.78 is 1.79. The quantitative estimate of drug-likeness (QED) is 0.820. The van der Waals surface area contributed by atoms with E-state index in [0.29, 0.717) is 17.9 Å². The van der Waals surface area contributed by atoms with Gasteiger partial charge in [-0.1, -0.05) is 13.8 Å². The van der Waals surface area contributed by atoms with Gasteiger partial charge in [0, 0.05) is 43.8 Å². The number of carbonyl (C=O) groups excluding carboxylic acids is 1. The van der Waals surface area contributed by atoms with Crippen LogP contribution in [0.2, 0.25) is 0 Å². The van der Waals surface area contributed by atoms with Gasteiger partial charge in [-0.15, -0.1) is 0 Å². The third-order valence-corrected chi connectivity index (χ3v) is 4.66. The largest absolute Gasteiger partial charge is 0.352 e. The maximum atomic E-state index is 12.3. The summed E-state index contributed by atoms with van der Waals surface area (Å²) >= 11 is 0. The molecule has 3 rings (SSSR count). The molecule has 25 heavy (non-hydrogen) atoms. The van der Waals surface area contributed by atoms with Crippen LogP contribution < -0.4 is 5.32 Å². The van der Waals surface area contributed by atoms with Crippen LogP contribution in [0.5, 0.6) is 0 Å². The second kappa shape index (κ2) is 8.25. The molecule has 2 atom stereocenters. The molecule has 0 aromatic carbocycles. The lowest BCUT2D eigenvalue weighted by Gasteiger charge is -2.34. The maximum absolute atomic E-state index is 12.3. The average molecular weight is 341 g/mol. The van der Waals surface area contributed by atoms with Crippen LogP contribution in [0.15, 0.2) is 37.1 Å². The van der Waals surface area contributed by atoms with E-state index >= 15 is 0 Å². The van der Waals surface area contributed by atoms with Crippen molar-refractivity contribution in [1.29, 1.82) is 0 Å². The Bertz CT molecular complexity index is 675. The molecule has 3 heterocycles. The Hall–Kier alpha value is -2.21. The van der Waals surface area contributed by atoms with Crippen molar-refractivity contribution < 1.29 is 4.79 Å². The standard InChI is InChI=1S/C19H27N5O/c1-15-10-16(2)13-23(12-15)8-3-5-22-19(25)17-4-6-21-18(11-17)24-9-7-20-14-24/h4,6-7,9,11,14-16H,3,5,8,10,12-13H2,1-2H3,(H,22,25)/t15-,16-/m1/s1. The lowest BCUT2D eigenvalue weighted by atomic mass is 9.92. The second-order valence-corrected chi connectivity index (χ2v) is 7.19. The number of likely N-dealkylation sites (tertiary alicyclic amines) is 1. The van der Waals surface area contributed by atoms with E-state index in [1.165, 1.54) is 19.5 Å². The highest BCUT2D eigenvalue weighted by atomic mass is 16.1. The minimum Gasteiger partial charge on any atom is -0.352 e. The van der Waals surface area contributed by atoms with E-state index in [1.807, 2.05) is 6.20 Å². The van der Waals surface area contributed by atoms with Crippen LogP contribution >= 0.6 is 0 Å². The molecule has 1 amide bonds. The molecule has 134 valence electrons. The molecular weight excluding hydrogens is 314 g/mol. The van der Waals surface area contributed by atoms with Crippen LogP contribution in [-0.4, -0.2) is 51.5 Å². The van der Waals surface area contributed by atoms with E-state index in [2.05, 4.69) is 34.0 Å². The molecule has 1 aliphatic rings. The van der Waals surface area contributed by atoms with Crippen LogP contribution in [0.4, 0.5) is 0 Å². The molecule has 0 bridgehead atoms. The fraction of sp³-hybridized carbons (Fsp3) is 0.526. The Balaban J connectivity index is 1.46. The number of nitrogens with zero attached hydrogens (tertiary/aromatic N) is 4. The average Bonchev–Trinajstić information content (AvgIpc) is 3.12. The summed E-state index contributed by atoms with van der Waals surface area (Å²) in [5.74, 6) is 2.19. The van der Waals surface area contributed by atoms with Gasteiger partial charge >= 0.3 is 0 Å². The summed E-state index contributed by atoms with van der Waals surface area (Å²) in [4.78, 5) is 23.1. The summed E-state index contributed by atoms with van der Waals surface area (Å²) in [6, 6.07) is 3.52. The van der Waals surface area contributed by atoms with Crippen molar-refractivity contribution in [2.75, 3.05) is 26.2 Å². The van der Waals surface area contributed by atoms with Gasteiger partial charge in [0.2, 0.25) is 0 Å². The molecule has 1 fully saturated rings. The van der Waals surface area contributed by atoms with Crippen LogP contribution in [0.1, 0.15) is 37.0 Å². The van der Waals surface area contributed by atoms with E-state index in [-0.39, 0.29) is 5.91 Å². The normalized spacial score (nSPS) is 21.2. The first kappa shape index (κ1) is 17.6. The molecule has 1 aliphatic heterocycles. The molecule has 2 aromatic heterocycles. The number of pyridine rings is 1. The number of carbonyl (C=O) groups is 1. The van der Waals surface area contributed by atoms with Crippen LogP contribution in [0, 0.1) is 11.8 Å². The summed E-state index contributed by atoms with van der Waals surface area (Å²) in [7, 11) is 0. The van der Waals surface area contributed by atoms with E-state index in [4.69, 9.17) is 0 Å². The summed E-state index contributed by atoms with van der Waals surface area (Å²) in [5.41, 5.74) is 0.624. The minimum atomic E-state index is -0.0517. The molecular formula is C19H27N5O. The fourth-order valence-electron chi connectivity index (χ4n) is 3.68. The molecule has 1 N–H and O–H groups in total. The van der Waals surface area contributed by atoms with Gasteiger partial charge in [0.05, 0.1) is 0 Å². The number of piperidine rings is 1. The summed E-state index contributed by atoms with van der Waals surface area (Å²) in [5, 5.41) is 3.02. The lowest BCUT2D eigenvalue weighted by Crippen LogP contribution is -2.40. The predicted octanol–water partition coefficient (Wildman–Crippen LogP) is 2.37. The van der Waals surface area contributed by atoms with Crippen LogP contribution in [-0.2, 0) is 0 Å². The monoisotopic (exact) mass is 341 g/mol. The number of nitrogens with one attached hydrogen (secondary N) is 1. The van der Waals surface area contributed by atoms with E-state index in [9.17, 15) is 4.79 Å². The lowest BCUT2D eigenvalue weighted by molar-refractivity contribution is 0.0947. The molecule has 0 aliphatic carbocycles. The van der Waals surface area contributed by atoms with Gasteiger partial charge in [0.25, 0.3) is 5.91 Å². The maximum Gasteiger partial charge on any atom is 0.251 e. The topological polar surface area (TPSA) is 63.1 Å². The van der Waals surface area contributed by atoms with Crippen molar-refractivity contribution in [3.63, 3.8) is 0 Å². The molecule has 0 unspecified atom stereocenters. The van der Waals surface area contributed by atoms with Gasteiger partial charge < -0.3 is 10.2 Å². The van der Waals surface area contributed by atoms with Crippen molar-refractivity contribution in [2.24, 2.45) is 11.8 Å². The van der Waals surface area contributed by atoms with Crippen molar-refractivity contribution >= 4 is 5.91 Å². The zero-order chi connectivity index (χ0) is 17.6. The molecule has 6 nitrogen and oxygen atoms in total. The first-order chi connectivity index (χ1) is 12.1. The first-order valence-corrected chi connectivity index (χ1v) is 9.06. The summed E-state index contributed by atoms with van der Waals surface area (Å²) in [6.45, 7) is 8.75. The predicted molar refractivity (Wildman–Crippen MR) is 97.7 cm³/mol. The number of amides is 1. The van der Waals surface area contributed by atoms with E-state index in [0.717, 1.165) is 24.8 Å². The van der Waals surface area contributed by atoms with Gasteiger partial charge in [0.1, 0.15) is 12.1 Å². The molecule has 0 spiro atoms. The molecule has 6 heteroatoms. The highest BCUT2D eigenvalue weighted by Crippen LogP contribution is 2.20. The third-order valence-electron chi connectivity index (χ3n) is 4.66. The highest BCUT2D eigenvalue weighted by molar-refractivity contribution is 5.94. The molecule has 2 aromatic rings. The Morgan fingerprint density at radius 1 is 1.28 bits per heavy atom. The number of hydrogen-bond acceptors (Lipinski definition) is 4. The van der Waals surface area contributed by atoms with Crippen molar-refractivity contribution in [2.45, 2.75) is 26.7 Å². The van der Waals surface area contributed by atoms with Crippen molar-refractivity contribution in [1.82, 2.24) is 24.8 Å². The zero-order valence-electron chi connectivity index (χ0n) is 15.1. The fourth-order valence-corrected chi connectivity index (χ4v) is 3.68. The summed E-state index contributed by atoms with van der Waals surface area (Å²) in [6.07, 6.45) is 9.13. The van der Waals surface area contributed by atoms with Crippen molar-refractivity contribution in [3.8, 4) is 5.82 Å². The minimum absolute atomic E-state index is 0.0517. The van der Waals surface area contributed by atoms with Crippen LogP contribution in [0.3, 0.4) is 0 Å². The Kier molecular flexibility index (Phi) is 5.81. The smallest absolute Gasteiger partial charge is 0.251 e. The van der Waals surface area contributed by atoms with Gasteiger partial charge in [0.15, 0.2) is 0 Å². The van der Waals surface area contributed by atoms with Crippen LogP contribution in [0.25, 0.3) is 5.82 Å². The number of aromatic nitrogens is 3. The highest BCUT2D eigenvalue weighted by Gasteiger charge is 2.21. The van der Waals surface area contributed by atoms with Gasteiger partial charge in [-0.2, -0.15) is 0 Å². The number of hydrogen-bond donors (Lipinski definition) is 1. The Morgan fingerprint density at radius 3 is 2.80 bits per heavy atom. The Morgan fingerprint density at radius 2 is 2.08 bits per heavy atom. The SMILES string of the molecule is C[C@@H]1C[C@@H](C)CN(CCCNC(=O)c2ccnc(-n3ccnc3)c2)C1. The second-order valence-electron chi connectivity index (χ2n) is 7.19. The molecule has 0 radical (unpaired) electrons.